The van der Waals surface area contributed by atoms with Crippen molar-refractivity contribution in [3.05, 3.63) is 64.1 Å². The van der Waals surface area contributed by atoms with Crippen molar-refractivity contribution >= 4 is 33.4 Å². The van der Waals surface area contributed by atoms with Crippen LogP contribution in [-0.4, -0.2) is 36.3 Å². The molecule has 0 heterocycles. The number of amides is 2. The SMILES string of the molecule is CC(C(=O)Nc1ccc(C(N)=O)cc1)N(C)CCc1ccc(Br)cc1. The molecule has 0 radical (unpaired) electrons. The summed E-state index contributed by atoms with van der Waals surface area (Å²) in [6, 6.07) is 14.4. The molecule has 0 aromatic heterocycles. The number of halogens is 1. The number of anilines is 1. The molecule has 0 aliphatic rings. The number of nitrogens with zero attached hydrogens (tertiary/aromatic N) is 1. The molecule has 0 bridgehead atoms. The zero-order valence-corrected chi connectivity index (χ0v) is 15.9. The molecular weight excluding hydrogens is 382 g/mol. The fraction of sp³-hybridized carbons (Fsp3) is 0.263. The Hall–Kier alpha value is -2.18. The minimum atomic E-state index is -0.487. The number of primary amides is 1. The Morgan fingerprint density at radius 1 is 1.12 bits per heavy atom. The molecule has 0 saturated carbocycles. The van der Waals surface area contributed by atoms with E-state index in [1.165, 1.54) is 5.56 Å². The van der Waals surface area contributed by atoms with E-state index in [2.05, 4.69) is 33.4 Å². The van der Waals surface area contributed by atoms with Gasteiger partial charge in [-0.15, -0.1) is 0 Å². The van der Waals surface area contributed by atoms with Gasteiger partial charge in [0.1, 0.15) is 0 Å². The molecule has 2 aromatic carbocycles. The zero-order chi connectivity index (χ0) is 18.4. The highest BCUT2D eigenvalue weighted by molar-refractivity contribution is 9.10. The maximum absolute atomic E-state index is 12.4. The predicted octanol–water partition coefficient (Wildman–Crippen LogP) is 3.05. The Morgan fingerprint density at radius 2 is 1.72 bits per heavy atom. The molecule has 2 amide bonds. The maximum atomic E-state index is 12.4. The lowest BCUT2D eigenvalue weighted by Gasteiger charge is -2.24. The van der Waals surface area contributed by atoms with E-state index in [0.29, 0.717) is 11.3 Å². The van der Waals surface area contributed by atoms with Gasteiger partial charge in [0.25, 0.3) is 0 Å². The number of carbonyl (C=O) groups excluding carboxylic acids is 2. The Balaban J connectivity index is 1.87. The summed E-state index contributed by atoms with van der Waals surface area (Å²) in [6.07, 6.45) is 0.870. The first kappa shape index (κ1) is 19.1. The van der Waals surface area contributed by atoms with Crippen LogP contribution in [0.25, 0.3) is 0 Å². The minimum absolute atomic E-state index is 0.0925. The Labute approximate surface area is 156 Å². The molecule has 2 aromatic rings. The van der Waals surface area contributed by atoms with E-state index in [-0.39, 0.29) is 11.9 Å². The van der Waals surface area contributed by atoms with Crippen LogP contribution >= 0.6 is 15.9 Å². The van der Waals surface area contributed by atoms with E-state index >= 15 is 0 Å². The van der Waals surface area contributed by atoms with Gasteiger partial charge < -0.3 is 11.1 Å². The van der Waals surface area contributed by atoms with Gasteiger partial charge in [0.05, 0.1) is 6.04 Å². The summed E-state index contributed by atoms with van der Waals surface area (Å²) in [7, 11) is 1.93. The summed E-state index contributed by atoms with van der Waals surface area (Å²) < 4.78 is 1.06. The van der Waals surface area contributed by atoms with E-state index in [9.17, 15) is 9.59 Å². The maximum Gasteiger partial charge on any atom is 0.248 e. The third kappa shape index (κ3) is 5.69. The lowest BCUT2D eigenvalue weighted by molar-refractivity contribution is -0.120. The van der Waals surface area contributed by atoms with Crippen molar-refractivity contribution in [3.8, 4) is 0 Å². The van der Waals surface area contributed by atoms with Gasteiger partial charge >= 0.3 is 0 Å². The second-order valence-corrected chi connectivity index (χ2v) is 6.88. The summed E-state index contributed by atoms with van der Waals surface area (Å²) in [5.41, 5.74) is 7.49. The fourth-order valence-electron chi connectivity index (χ4n) is 2.31. The highest BCUT2D eigenvalue weighted by atomic mass is 79.9. The first-order valence-electron chi connectivity index (χ1n) is 8.02. The van der Waals surface area contributed by atoms with Crippen LogP contribution in [0.1, 0.15) is 22.8 Å². The van der Waals surface area contributed by atoms with Crippen molar-refractivity contribution in [1.29, 1.82) is 0 Å². The smallest absolute Gasteiger partial charge is 0.248 e. The van der Waals surface area contributed by atoms with Crippen LogP contribution in [-0.2, 0) is 11.2 Å². The molecule has 6 heteroatoms. The van der Waals surface area contributed by atoms with E-state index in [0.717, 1.165) is 17.4 Å². The predicted molar refractivity (Wildman–Crippen MR) is 104 cm³/mol. The topological polar surface area (TPSA) is 75.4 Å². The van der Waals surface area contributed by atoms with Gasteiger partial charge in [-0.1, -0.05) is 28.1 Å². The Kier molecular flexibility index (Phi) is 6.73. The van der Waals surface area contributed by atoms with Gasteiger partial charge in [-0.05, 0) is 62.4 Å². The largest absolute Gasteiger partial charge is 0.366 e. The highest BCUT2D eigenvalue weighted by Crippen LogP contribution is 2.13. The molecule has 132 valence electrons. The quantitative estimate of drug-likeness (QED) is 0.745. The van der Waals surface area contributed by atoms with Crippen LogP contribution in [0.2, 0.25) is 0 Å². The van der Waals surface area contributed by atoms with Crippen molar-refractivity contribution < 1.29 is 9.59 Å². The summed E-state index contributed by atoms with van der Waals surface area (Å²) in [5, 5.41) is 2.86. The van der Waals surface area contributed by atoms with Crippen molar-refractivity contribution in [1.82, 2.24) is 4.90 Å². The normalized spacial score (nSPS) is 12.0. The fourth-order valence-corrected chi connectivity index (χ4v) is 2.58. The average Bonchev–Trinajstić information content (AvgIpc) is 2.60. The van der Waals surface area contributed by atoms with Crippen LogP contribution in [0, 0.1) is 0 Å². The summed E-state index contributed by atoms with van der Waals surface area (Å²) in [5.74, 6) is -0.580. The van der Waals surface area contributed by atoms with Gasteiger partial charge in [-0.3, -0.25) is 14.5 Å². The molecule has 0 aliphatic heterocycles. The van der Waals surface area contributed by atoms with E-state index < -0.39 is 5.91 Å². The Bertz CT molecular complexity index is 729. The summed E-state index contributed by atoms with van der Waals surface area (Å²) >= 11 is 3.42. The molecule has 25 heavy (non-hydrogen) atoms. The molecular formula is C19H22BrN3O2. The zero-order valence-electron chi connectivity index (χ0n) is 14.3. The lowest BCUT2D eigenvalue weighted by atomic mass is 10.1. The second-order valence-electron chi connectivity index (χ2n) is 5.96. The highest BCUT2D eigenvalue weighted by Gasteiger charge is 2.18. The Morgan fingerprint density at radius 3 is 2.28 bits per heavy atom. The number of hydrogen-bond acceptors (Lipinski definition) is 3. The van der Waals surface area contributed by atoms with Crippen LogP contribution in [0.4, 0.5) is 5.69 Å². The summed E-state index contributed by atoms with van der Waals surface area (Å²) in [4.78, 5) is 25.5. The van der Waals surface area contributed by atoms with Crippen LogP contribution in [0.5, 0.6) is 0 Å². The third-order valence-corrected chi connectivity index (χ3v) is 4.67. The molecule has 1 atom stereocenters. The molecule has 0 spiro atoms. The van der Waals surface area contributed by atoms with Crippen LogP contribution in [0.15, 0.2) is 53.0 Å². The van der Waals surface area contributed by atoms with E-state index in [4.69, 9.17) is 5.73 Å². The molecule has 1 unspecified atom stereocenters. The van der Waals surface area contributed by atoms with Crippen molar-refractivity contribution in [3.63, 3.8) is 0 Å². The van der Waals surface area contributed by atoms with Crippen molar-refractivity contribution in [2.75, 3.05) is 18.9 Å². The second kappa shape index (κ2) is 8.78. The minimum Gasteiger partial charge on any atom is -0.366 e. The van der Waals surface area contributed by atoms with Crippen LogP contribution < -0.4 is 11.1 Å². The third-order valence-electron chi connectivity index (χ3n) is 4.14. The molecule has 0 saturated heterocycles. The standard InChI is InChI=1S/C19H22BrN3O2/c1-13(23(2)12-11-14-3-7-16(20)8-4-14)19(25)22-17-9-5-15(6-10-17)18(21)24/h3-10,13H,11-12H2,1-2H3,(H2,21,24)(H,22,25). The summed E-state index contributed by atoms with van der Waals surface area (Å²) in [6.45, 7) is 2.64. The molecule has 0 fully saturated rings. The van der Waals surface area contributed by atoms with E-state index in [1.807, 2.05) is 31.0 Å². The number of nitrogens with one attached hydrogen (secondary N) is 1. The number of nitrogens with two attached hydrogens (primary N) is 1. The van der Waals surface area contributed by atoms with Crippen LogP contribution in [0.3, 0.4) is 0 Å². The molecule has 5 nitrogen and oxygen atoms in total. The van der Waals surface area contributed by atoms with Gasteiger partial charge in [0.15, 0.2) is 0 Å². The first-order valence-corrected chi connectivity index (χ1v) is 8.81. The molecule has 0 aliphatic carbocycles. The number of rotatable bonds is 7. The van der Waals surface area contributed by atoms with Gasteiger partial charge in [0.2, 0.25) is 11.8 Å². The van der Waals surface area contributed by atoms with Gasteiger partial charge in [-0.2, -0.15) is 0 Å². The molecule has 2 rings (SSSR count). The monoisotopic (exact) mass is 403 g/mol. The number of benzene rings is 2. The number of likely N-dealkylation sites (N-methyl/N-ethyl adjacent to an activating group) is 1. The number of carbonyl (C=O) groups is 2. The van der Waals surface area contributed by atoms with Crippen molar-refractivity contribution in [2.24, 2.45) is 5.73 Å². The first-order chi connectivity index (χ1) is 11.9. The average molecular weight is 404 g/mol. The number of hydrogen-bond donors (Lipinski definition) is 2. The van der Waals surface area contributed by atoms with Crippen molar-refractivity contribution in [2.45, 2.75) is 19.4 Å². The van der Waals surface area contributed by atoms with E-state index in [1.54, 1.807) is 24.3 Å². The molecule has 3 N–H and O–H groups in total. The van der Waals surface area contributed by atoms with Gasteiger partial charge in [-0.25, -0.2) is 0 Å². The van der Waals surface area contributed by atoms with Gasteiger partial charge in [0, 0.05) is 22.3 Å². The lowest BCUT2D eigenvalue weighted by Crippen LogP contribution is -2.40.